The molecule has 7 heteroatoms. The van der Waals surface area contributed by atoms with Gasteiger partial charge in [0.1, 0.15) is 18.0 Å². The quantitative estimate of drug-likeness (QED) is 0.636. The van der Waals surface area contributed by atoms with Gasteiger partial charge in [-0.25, -0.2) is 4.98 Å². The molecule has 0 aliphatic carbocycles. The molecule has 2 rings (SSSR count). The first kappa shape index (κ1) is 19.2. The van der Waals surface area contributed by atoms with Crippen LogP contribution in [0.2, 0.25) is 0 Å². The molecule has 1 aromatic carbocycles. The van der Waals surface area contributed by atoms with Gasteiger partial charge in [-0.1, -0.05) is 0 Å². The second-order valence-corrected chi connectivity index (χ2v) is 7.03. The number of aromatic nitrogens is 1. The Balaban J connectivity index is 1.91. The SMILES string of the molecule is CC[NH+](CC(=O)NC(C)C)Cc1csc(Nc2ccc(OC)cc2)n1. The zero-order valence-electron chi connectivity index (χ0n) is 15.3. The number of amides is 1. The number of quaternary nitrogens is 1. The molecule has 1 unspecified atom stereocenters. The van der Waals surface area contributed by atoms with Gasteiger partial charge in [0.05, 0.1) is 13.7 Å². The summed E-state index contributed by atoms with van der Waals surface area (Å²) in [4.78, 5) is 17.8. The number of methoxy groups -OCH3 is 1. The molecule has 0 fully saturated rings. The van der Waals surface area contributed by atoms with E-state index in [0.29, 0.717) is 6.54 Å². The molecule has 1 atom stereocenters. The van der Waals surface area contributed by atoms with Gasteiger partial charge >= 0.3 is 0 Å². The maximum absolute atomic E-state index is 11.9. The summed E-state index contributed by atoms with van der Waals surface area (Å²) in [5, 5.41) is 9.13. The summed E-state index contributed by atoms with van der Waals surface area (Å²) in [6, 6.07) is 7.91. The molecule has 0 aliphatic heterocycles. The number of rotatable bonds is 9. The van der Waals surface area contributed by atoms with Crippen LogP contribution in [0.1, 0.15) is 26.5 Å². The van der Waals surface area contributed by atoms with Gasteiger partial charge in [-0.15, -0.1) is 11.3 Å². The molecule has 1 aromatic heterocycles. The largest absolute Gasteiger partial charge is 0.497 e. The van der Waals surface area contributed by atoms with Gasteiger partial charge in [-0.3, -0.25) is 4.79 Å². The molecule has 0 spiro atoms. The lowest BCUT2D eigenvalue weighted by molar-refractivity contribution is -0.904. The van der Waals surface area contributed by atoms with E-state index in [2.05, 4.69) is 22.5 Å². The van der Waals surface area contributed by atoms with Gasteiger partial charge < -0.3 is 20.3 Å². The van der Waals surface area contributed by atoms with E-state index in [1.807, 2.05) is 43.5 Å². The van der Waals surface area contributed by atoms with Crippen molar-refractivity contribution < 1.29 is 14.4 Å². The molecule has 2 aromatic rings. The van der Waals surface area contributed by atoms with Crippen molar-refractivity contribution in [2.45, 2.75) is 33.4 Å². The molecule has 3 N–H and O–H groups in total. The first-order valence-electron chi connectivity index (χ1n) is 8.48. The highest BCUT2D eigenvalue weighted by molar-refractivity contribution is 7.13. The summed E-state index contributed by atoms with van der Waals surface area (Å²) < 4.78 is 5.16. The Bertz CT molecular complexity index is 670. The van der Waals surface area contributed by atoms with Crippen molar-refractivity contribution in [1.29, 1.82) is 0 Å². The smallest absolute Gasteiger partial charge is 0.275 e. The lowest BCUT2D eigenvalue weighted by atomic mass is 10.3. The monoisotopic (exact) mass is 363 g/mol. The molecule has 25 heavy (non-hydrogen) atoms. The lowest BCUT2D eigenvalue weighted by Crippen LogP contribution is -3.11. The van der Waals surface area contributed by atoms with Crippen molar-refractivity contribution in [3.8, 4) is 5.75 Å². The molecule has 136 valence electrons. The zero-order valence-corrected chi connectivity index (χ0v) is 16.1. The first-order valence-corrected chi connectivity index (χ1v) is 9.36. The average Bonchev–Trinajstić information content (AvgIpc) is 3.01. The van der Waals surface area contributed by atoms with Crippen LogP contribution in [0.5, 0.6) is 5.75 Å². The Labute approximate surface area is 153 Å². The van der Waals surface area contributed by atoms with E-state index in [4.69, 9.17) is 4.74 Å². The number of likely N-dealkylation sites (N-methyl/N-ethyl adjacent to an activating group) is 1. The molecule has 0 bridgehead atoms. The standard InChI is InChI=1S/C18H26N4O2S/c1-5-22(11-17(23)19-13(2)3)10-15-12-25-18(21-15)20-14-6-8-16(24-4)9-7-14/h6-9,12-13H,5,10-11H2,1-4H3,(H,19,23)(H,20,21)/p+1. The van der Waals surface area contributed by atoms with Gasteiger partial charge in [-0.05, 0) is 45.0 Å². The number of benzene rings is 1. The van der Waals surface area contributed by atoms with Crippen LogP contribution in [0.25, 0.3) is 0 Å². The highest BCUT2D eigenvalue weighted by Crippen LogP contribution is 2.22. The number of hydrogen-bond acceptors (Lipinski definition) is 5. The minimum Gasteiger partial charge on any atom is -0.497 e. The van der Waals surface area contributed by atoms with E-state index in [9.17, 15) is 4.79 Å². The number of hydrogen-bond donors (Lipinski definition) is 3. The third-order valence-corrected chi connectivity index (χ3v) is 4.49. The molecule has 0 aliphatic rings. The second kappa shape index (κ2) is 9.39. The Morgan fingerprint density at radius 3 is 2.64 bits per heavy atom. The predicted octanol–water partition coefficient (Wildman–Crippen LogP) is 1.82. The van der Waals surface area contributed by atoms with Crippen molar-refractivity contribution in [2.24, 2.45) is 0 Å². The van der Waals surface area contributed by atoms with E-state index in [1.165, 1.54) is 4.90 Å². The number of nitrogens with zero attached hydrogens (tertiary/aromatic N) is 1. The van der Waals surface area contributed by atoms with Gasteiger partial charge in [0.15, 0.2) is 11.7 Å². The average molecular weight is 364 g/mol. The van der Waals surface area contributed by atoms with Crippen LogP contribution in [0.15, 0.2) is 29.6 Å². The summed E-state index contributed by atoms with van der Waals surface area (Å²) in [6.07, 6.45) is 0. The molecule has 6 nitrogen and oxygen atoms in total. The Morgan fingerprint density at radius 2 is 2.04 bits per heavy atom. The Hall–Kier alpha value is -2.12. The van der Waals surface area contributed by atoms with E-state index >= 15 is 0 Å². The molecular formula is C18H27N4O2S+. The maximum atomic E-state index is 11.9. The molecule has 0 saturated heterocycles. The van der Waals surface area contributed by atoms with E-state index in [0.717, 1.165) is 35.4 Å². The van der Waals surface area contributed by atoms with E-state index in [-0.39, 0.29) is 11.9 Å². The van der Waals surface area contributed by atoms with Crippen LogP contribution in [0, 0.1) is 0 Å². The van der Waals surface area contributed by atoms with E-state index < -0.39 is 0 Å². The molecule has 0 radical (unpaired) electrons. The van der Waals surface area contributed by atoms with Gasteiger partial charge in [0.2, 0.25) is 0 Å². The van der Waals surface area contributed by atoms with Crippen molar-refractivity contribution >= 4 is 28.1 Å². The zero-order chi connectivity index (χ0) is 18.2. The fourth-order valence-corrected chi connectivity index (χ4v) is 3.14. The number of nitrogens with one attached hydrogen (secondary N) is 3. The Kier molecular flexibility index (Phi) is 7.21. The first-order chi connectivity index (χ1) is 12.0. The topological polar surface area (TPSA) is 67.7 Å². The molecule has 0 saturated carbocycles. The minimum atomic E-state index is 0.0821. The number of carbonyl (C=O) groups excluding carboxylic acids is 1. The Morgan fingerprint density at radius 1 is 1.32 bits per heavy atom. The maximum Gasteiger partial charge on any atom is 0.275 e. The van der Waals surface area contributed by atoms with Crippen LogP contribution >= 0.6 is 11.3 Å². The highest BCUT2D eigenvalue weighted by Gasteiger charge is 2.15. The van der Waals surface area contributed by atoms with Gasteiger partial charge in [0, 0.05) is 17.1 Å². The number of carbonyl (C=O) groups is 1. The molecular weight excluding hydrogens is 336 g/mol. The van der Waals surface area contributed by atoms with Crippen LogP contribution in [-0.2, 0) is 11.3 Å². The third-order valence-electron chi connectivity index (χ3n) is 3.68. The second-order valence-electron chi connectivity index (χ2n) is 6.18. The minimum absolute atomic E-state index is 0.0821. The van der Waals surface area contributed by atoms with Crippen molar-refractivity contribution in [2.75, 3.05) is 25.5 Å². The number of thiazole rings is 1. The summed E-state index contributed by atoms with van der Waals surface area (Å²) in [7, 11) is 1.65. The fourth-order valence-electron chi connectivity index (χ4n) is 2.41. The van der Waals surface area contributed by atoms with Crippen molar-refractivity contribution in [3.63, 3.8) is 0 Å². The van der Waals surface area contributed by atoms with Crippen molar-refractivity contribution in [3.05, 3.63) is 35.3 Å². The number of anilines is 2. The van der Waals surface area contributed by atoms with Crippen molar-refractivity contribution in [1.82, 2.24) is 10.3 Å². The van der Waals surface area contributed by atoms with Crippen LogP contribution < -0.4 is 20.3 Å². The summed E-state index contributed by atoms with van der Waals surface area (Å²) >= 11 is 1.57. The molecule has 1 amide bonds. The van der Waals surface area contributed by atoms with E-state index in [1.54, 1.807) is 18.4 Å². The van der Waals surface area contributed by atoms with Crippen LogP contribution in [-0.4, -0.2) is 37.1 Å². The highest BCUT2D eigenvalue weighted by atomic mass is 32.1. The summed E-state index contributed by atoms with van der Waals surface area (Å²) in [6.45, 7) is 8.11. The lowest BCUT2D eigenvalue weighted by Gasteiger charge is -2.17. The summed E-state index contributed by atoms with van der Waals surface area (Å²) in [5.74, 6) is 0.908. The summed E-state index contributed by atoms with van der Waals surface area (Å²) in [5.41, 5.74) is 1.97. The van der Waals surface area contributed by atoms with Gasteiger partial charge in [-0.2, -0.15) is 0 Å². The third kappa shape index (κ3) is 6.36. The fraction of sp³-hybridized carbons (Fsp3) is 0.444. The van der Waals surface area contributed by atoms with Crippen LogP contribution in [0.4, 0.5) is 10.8 Å². The normalized spacial score (nSPS) is 12.0. The predicted molar refractivity (Wildman–Crippen MR) is 102 cm³/mol. The van der Waals surface area contributed by atoms with Crippen LogP contribution in [0.3, 0.4) is 0 Å². The van der Waals surface area contributed by atoms with Gasteiger partial charge in [0.25, 0.3) is 5.91 Å². The number of ether oxygens (including phenoxy) is 1. The molecule has 1 heterocycles.